The number of thiol groups is 1. The third-order valence-electron chi connectivity index (χ3n) is 1.03. The van der Waals surface area contributed by atoms with Crippen molar-refractivity contribution in [3.63, 3.8) is 0 Å². The molecule has 0 fully saturated rings. The van der Waals surface area contributed by atoms with Gasteiger partial charge in [0.2, 0.25) is 0 Å². The zero-order chi connectivity index (χ0) is 5.98. The van der Waals surface area contributed by atoms with Gasteiger partial charge in [0.05, 0.1) is 0 Å². The van der Waals surface area contributed by atoms with Crippen molar-refractivity contribution >= 4 is 24.2 Å². The molecule has 0 aromatic carbocycles. The first-order valence-corrected chi connectivity index (χ1v) is 3.40. The van der Waals surface area contributed by atoms with Crippen molar-refractivity contribution in [2.75, 3.05) is 0 Å². The minimum absolute atomic E-state index is 0.373. The Kier molecular flexibility index (Phi) is 2.03. The van der Waals surface area contributed by atoms with Crippen LogP contribution >= 0.6 is 24.2 Å². The fourth-order valence-electron chi connectivity index (χ4n) is 0.583. The molecule has 0 spiro atoms. The summed E-state index contributed by atoms with van der Waals surface area (Å²) in [5, 5.41) is 1.20. The van der Waals surface area contributed by atoms with Crippen LogP contribution in [0.2, 0.25) is 0 Å². The van der Waals surface area contributed by atoms with Crippen LogP contribution in [-0.2, 0) is 0 Å². The van der Waals surface area contributed by atoms with Crippen LogP contribution in [0.15, 0.2) is 23.3 Å². The van der Waals surface area contributed by atoms with Gasteiger partial charge in [-0.2, -0.15) is 12.6 Å². The number of hydrogen-bond acceptors (Lipinski definition) is 1. The molecule has 0 saturated carbocycles. The topological polar surface area (TPSA) is 0 Å². The van der Waals surface area contributed by atoms with Gasteiger partial charge in [-0.15, -0.1) is 0 Å². The molecular formula is C6H7ClS. The lowest BCUT2D eigenvalue weighted by molar-refractivity contribution is 1.06. The fourth-order valence-corrected chi connectivity index (χ4v) is 0.936. The van der Waals surface area contributed by atoms with Crippen molar-refractivity contribution in [2.45, 2.75) is 11.7 Å². The summed E-state index contributed by atoms with van der Waals surface area (Å²) in [6.07, 6.45) is 6.80. The minimum Gasteiger partial charge on any atom is -0.171 e. The normalized spacial score (nSPS) is 27.8. The van der Waals surface area contributed by atoms with Crippen LogP contribution in [0.25, 0.3) is 0 Å². The summed E-state index contributed by atoms with van der Waals surface area (Å²) in [5.74, 6) is 0. The van der Waals surface area contributed by atoms with Gasteiger partial charge >= 0.3 is 0 Å². The Morgan fingerprint density at radius 1 is 1.75 bits per heavy atom. The lowest BCUT2D eigenvalue weighted by Crippen LogP contribution is -1.94. The van der Waals surface area contributed by atoms with Crippen molar-refractivity contribution in [1.29, 1.82) is 0 Å². The van der Waals surface area contributed by atoms with E-state index in [1.54, 1.807) is 0 Å². The van der Waals surface area contributed by atoms with Gasteiger partial charge in [0.25, 0.3) is 0 Å². The van der Waals surface area contributed by atoms with Gasteiger partial charge < -0.3 is 0 Å². The molecule has 0 aromatic heterocycles. The molecule has 1 atom stereocenters. The molecule has 1 aliphatic carbocycles. The Balaban J connectivity index is 2.58. The molecule has 0 amide bonds. The summed E-state index contributed by atoms with van der Waals surface area (Å²) in [6, 6.07) is 0. The van der Waals surface area contributed by atoms with Gasteiger partial charge in [0.15, 0.2) is 0 Å². The summed E-state index contributed by atoms with van der Waals surface area (Å²) >= 11 is 9.83. The van der Waals surface area contributed by atoms with Crippen LogP contribution in [0.5, 0.6) is 0 Å². The van der Waals surface area contributed by atoms with E-state index in [9.17, 15) is 0 Å². The molecule has 0 nitrogen and oxygen atoms in total. The second-order valence-corrected chi connectivity index (χ2v) is 2.85. The van der Waals surface area contributed by atoms with E-state index in [-0.39, 0.29) is 0 Å². The van der Waals surface area contributed by atoms with Gasteiger partial charge in [0.1, 0.15) is 0 Å². The Labute approximate surface area is 59.6 Å². The minimum atomic E-state index is 0.373. The van der Waals surface area contributed by atoms with Crippen LogP contribution in [0.1, 0.15) is 6.42 Å². The van der Waals surface area contributed by atoms with E-state index in [0.29, 0.717) is 5.25 Å². The first-order valence-electron chi connectivity index (χ1n) is 2.51. The molecule has 0 aromatic rings. The summed E-state index contributed by atoms with van der Waals surface area (Å²) in [7, 11) is 0. The molecule has 44 valence electrons. The van der Waals surface area contributed by atoms with Gasteiger partial charge in [0, 0.05) is 10.3 Å². The summed E-state index contributed by atoms with van der Waals surface area (Å²) in [5.41, 5.74) is 0. The van der Waals surface area contributed by atoms with E-state index in [4.69, 9.17) is 11.6 Å². The summed E-state index contributed by atoms with van der Waals surface area (Å²) in [6.45, 7) is 0. The Morgan fingerprint density at radius 3 is 2.88 bits per heavy atom. The van der Waals surface area contributed by atoms with Crippen LogP contribution in [0.4, 0.5) is 0 Å². The first kappa shape index (κ1) is 6.24. The van der Waals surface area contributed by atoms with Crippen LogP contribution in [-0.4, -0.2) is 5.25 Å². The molecule has 0 radical (unpaired) electrons. The van der Waals surface area contributed by atoms with Crippen LogP contribution in [0.3, 0.4) is 0 Å². The van der Waals surface area contributed by atoms with Gasteiger partial charge in [-0.1, -0.05) is 23.8 Å². The Morgan fingerprint density at radius 2 is 2.50 bits per heavy atom. The van der Waals surface area contributed by atoms with Gasteiger partial charge in [-0.3, -0.25) is 0 Å². The molecule has 0 N–H and O–H groups in total. The van der Waals surface area contributed by atoms with E-state index in [1.807, 2.05) is 18.2 Å². The maximum Gasteiger partial charge on any atom is 0.0363 e. The largest absolute Gasteiger partial charge is 0.171 e. The second kappa shape index (κ2) is 2.60. The van der Waals surface area contributed by atoms with E-state index < -0.39 is 0 Å². The van der Waals surface area contributed by atoms with Crippen LogP contribution < -0.4 is 0 Å². The lowest BCUT2D eigenvalue weighted by atomic mass is 10.2. The summed E-state index contributed by atoms with van der Waals surface area (Å²) in [4.78, 5) is 0. The fraction of sp³-hybridized carbons (Fsp3) is 0.333. The molecular weight excluding hydrogens is 140 g/mol. The maximum atomic E-state index is 5.62. The highest BCUT2D eigenvalue weighted by atomic mass is 35.5. The first-order chi connectivity index (χ1) is 3.79. The van der Waals surface area contributed by atoms with E-state index in [0.717, 1.165) is 11.5 Å². The molecule has 2 heteroatoms. The van der Waals surface area contributed by atoms with Crippen molar-refractivity contribution < 1.29 is 0 Å². The third-order valence-corrected chi connectivity index (χ3v) is 1.70. The van der Waals surface area contributed by atoms with Crippen molar-refractivity contribution in [1.82, 2.24) is 0 Å². The molecule has 8 heavy (non-hydrogen) atoms. The quantitative estimate of drug-likeness (QED) is 0.499. The van der Waals surface area contributed by atoms with Crippen LogP contribution in [0, 0.1) is 0 Å². The number of hydrogen-bond donors (Lipinski definition) is 1. The molecule has 0 saturated heterocycles. The average molecular weight is 147 g/mol. The van der Waals surface area contributed by atoms with Crippen molar-refractivity contribution in [3.05, 3.63) is 23.3 Å². The van der Waals surface area contributed by atoms with Gasteiger partial charge in [-0.05, 0) is 12.5 Å². The highest BCUT2D eigenvalue weighted by molar-refractivity contribution is 7.81. The zero-order valence-corrected chi connectivity index (χ0v) is 5.99. The Hall–Kier alpha value is 0.120. The average Bonchev–Trinajstić information content (AvgIpc) is 1.77. The van der Waals surface area contributed by atoms with E-state index in [2.05, 4.69) is 12.6 Å². The van der Waals surface area contributed by atoms with E-state index in [1.165, 1.54) is 0 Å². The Bertz CT molecular complexity index is 137. The number of allylic oxidation sites excluding steroid dienone is 3. The lowest BCUT2D eigenvalue weighted by Gasteiger charge is -2.04. The predicted octanol–water partition coefficient (Wildman–Crippen LogP) is 2.37. The van der Waals surface area contributed by atoms with Gasteiger partial charge in [-0.25, -0.2) is 0 Å². The SMILES string of the molecule is SC1C=CC(Cl)=CC1. The monoisotopic (exact) mass is 146 g/mol. The maximum absolute atomic E-state index is 5.62. The molecule has 0 heterocycles. The molecule has 1 aliphatic rings. The number of halogens is 1. The highest BCUT2D eigenvalue weighted by Crippen LogP contribution is 2.16. The van der Waals surface area contributed by atoms with Crippen molar-refractivity contribution in [2.24, 2.45) is 0 Å². The zero-order valence-electron chi connectivity index (χ0n) is 4.34. The smallest absolute Gasteiger partial charge is 0.0363 e. The summed E-state index contributed by atoms with van der Waals surface area (Å²) < 4.78 is 0. The number of rotatable bonds is 0. The predicted molar refractivity (Wildman–Crippen MR) is 40.5 cm³/mol. The second-order valence-electron chi connectivity index (χ2n) is 1.75. The van der Waals surface area contributed by atoms with Crippen molar-refractivity contribution in [3.8, 4) is 0 Å². The third kappa shape index (κ3) is 1.57. The molecule has 1 unspecified atom stereocenters. The standard InChI is InChI=1S/C6H7ClS/c7-5-1-3-6(8)4-2-5/h1-3,6,8H,4H2. The molecule has 1 rings (SSSR count). The molecule has 0 aliphatic heterocycles. The molecule has 0 bridgehead atoms. The highest BCUT2D eigenvalue weighted by Gasteiger charge is 1.99. The van der Waals surface area contributed by atoms with E-state index >= 15 is 0 Å².